The molecule has 24 heavy (non-hydrogen) atoms. The molecule has 0 aromatic carbocycles. The van der Waals surface area contributed by atoms with Crippen molar-refractivity contribution in [3.63, 3.8) is 0 Å². The summed E-state index contributed by atoms with van der Waals surface area (Å²) in [5.41, 5.74) is 0.782. The maximum atomic E-state index is 9.62. The standard InChI is InChI=1S/C18H21N5S/c1-2-12-23-17(15-10-6-7-11-20-15)21-22-18(23)24-16(13-19)14-8-4-3-5-9-14/h2,6-7,10-11,14,16H,1,3-5,8-9,12H2. The zero-order valence-corrected chi connectivity index (χ0v) is 14.5. The lowest BCUT2D eigenvalue weighted by Gasteiger charge is -2.25. The third-order valence-corrected chi connectivity index (χ3v) is 5.62. The third-order valence-electron chi connectivity index (χ3n) is 4.36. The van der Waals surface area contributed by atoms with Crippen LogP contribution in [0.15, 0.2) is 42.2 Å². The maximum Gasteiger partial charge on any atom is 0.193 e. The Morgan fingerprint density at radius 2 is 2.17 bits per heavy atom. The number of rotatable bonds is 6. The number of hydrogen-bond acceptors (Lipinski definition) is 5. The van der Waals surface area contributed by atoms with Gasteiger partial charge in [0.1, 0.15) is 10.9 Å². The summed E-state index contributed by atoms with van der Waals surface area (Å²) < 4.78 is 1.99. The van der Waals surface area contributed by atoms with Gasteiger partial charge >= 0.3 is 0 Å². The fourth-order valence-electron chi connectivity index (χ4n) is 3.13. The summed E-state index contributed by atoms with van der Waals surface area (Å²) >= 11 is 1.53. The summed E-state index contributed by atoms with van der Waals surface area (Å²) in [5.74, 6) is 1.17. The van der Waals surface area contributed by atoms with Crippen LogP contribution in [-0.4, -0.2) is 25.0 Å². The van der Waals surface area contributed by atoms with Crippen LogP contribution in [0.3, 0.4) is 0 Å². The zero-order chi connectivity index (χ0) is 16.8. The van der Waals surface area contributed by atoms with E-state index in [1.54, 1.807) is 6.20 Å². The van der Waals surface area contributed by atoms with Crippen LogP contribution < -0.4 is 0 Å². The molecule has 0 spiro atoms. The summed E-state index contributed by atoms with van der Waals surface area (Å²) in [7, 11) is 0. The number of nitriles is 1. The van der Waals surface area contributed by atoms with E-state index in [4.69, 9.17) is 0 Å². The number of pyridine rings is 1. The van der Waals surface area contributed by atoms with Crippen molar-refractivity contribution in [2.45, 2.75) is 49.1 Å². The lowest BCUT2D eigenvalue weighted by Crippen LogP contribution is -2.19. The van der Waals surface area contributed by atoms with Crippen LogP contribution in [-0.2, 0) is 6.54 Å². The minimum Gasteiger partial charge on any atom is -0.297 e. The molecular formula is C18H21N5S. The van der Waals surface area contributed by atoms with Gasteiger partial charge < -0.3 is 0 Å². The van der Waals surface area contributed by atoms with Gasteiger partial charge in [0, 0.05) is 12.7 Å². The van der Waals surface area contributed by atoms with E-state index in [-0.39, 0.29) is 5.25 Å². The first kappa shape index (κ1) is 16.7. The normalized spacial score (nSPS) is 16.5. The van der Waals surface area contributed by atoms with E-state index in [0.29, 0.717) is 12.5 Å². The highest BCUT2D eigenvalue weighted by Crippen LogP contribution is 2.36. The minimum atomic E-state index is -0.0744. The molecule has 0 bridgehead atoms. The molecule has 0 aliphatic heterocycles. The molecule has 0 N–H and O–H groups in total. The number of thioether (sulfide) groups is 1. The second kappa shape index (κ2) is 8.11. The van der Waals surface area contributed by atoms with Crippen LogP contribution in [0.1, 0.15) is 32.1 Å². The van der Waals surface area contributed by atoms with Crippen molar-refractivity contribution < 1.29 is 0 Å². The Hall–Kier alpha value is -2.13. The number of nitrogens with zero attached hydrogens (tertiary/aromatic N) is 5. The van der Waals surface area contributed by atoms with Crippen molar-refractivity contribution in [2.75, 3.05) is 0 Å². The molecule has 2 aromatic heterocycles. The molecule has 0 amide bonds. The number of hydrogen-bond donors (Lipinski definition) is 0. The van der Waals surface area contributed by atoms with E-state index in [1.807, 2.05) is 28.8 Å². The fraction of sp³-hybridized carbons (Fsp3) is 0.444. The summed E-state index contributed by atoms with van der Waals surface area (Å²) in [5, 5.41) is 19.0. The molecule has 1 aliphatic carbocycles. The van der Waals surface area contributed by atoms with Crippen molar-refractivity contribution >= 4 is 11.8 Å². The highest BCUT2D eigenvalue weighted by atomic mass is 32.2. The highest BCUT2D eigenvalue weighted by Gasteiger charge is 2.27. The molecule has 1 atom stereocenters. The van der Waals surface area contributed by atoms with Crippen LogP contribution in [0.4, 0.5) is 0 Å². The summed E-state index contributed by atoms with van der Waals surface area (Å²) in [4.78, 5) is 4.36. The Balaban J connectivity index is 1.86. The molecule has 2 aromatic rings. The highest BCUT2D eigenvalue weighted by molar-refractivity contribution is 8.00. The number of allylic oxidation sites excluding steroid dienone is 1. The van der Waals surface area contributed by atoms with E-state index >= 15 is 0 Å². The molecule has 1 unspecified atom stereocenters. The van der Waals surface area contributed by atoms with Crippen LogP contribution in [0.25, 0.3) is 11.5 Å². The van der Waals surface area contributed by atoms with Crippen molar-refractivity contribution in [3.8, 4) is 17.6 Å². The van der Waals surface area contributed by atoms with Gasteiger partial charge in [0.05, 0.1) is 6.07 Å². The van der Waals surface area contributed by atoms with Gasteiger partial charge in [0.2, 0.25) is 0 Å². The van der Waals surface area contributed by atoms with E-state index in [9.17, 15) is 5.26 Å². The van der Waals surface area contributed by atoms with E-state index in [0.717, 1.165) is 29.5 Å². The van der Waals surface area contributed by atoms with Crippen molar-refractivity contribution in [1.29, 1.82) is 5.26 Å². The van der Waals surface area contributed by atoms with Crippen molar-refractivity contribution in [3.05, 3.63) is 37.1 Å². The molecule has 3 rings (SSSR count). The Bertz CT molecular complexity index is 713. The zero-order valence-electron chi connectivity index (χ0n) is 13.6. The predicted molar refractivity (Wildman–Crippen MR) is 95.3 cm³/mol. The molecular weight excluding hydrogens is 318 g/mol. The number of aromatic nitrogens is 4. The van der Waals surface area contributed by atoms with Gasteiger partial charge in [-0.25, -0.2) is 0 Å². The first-order valence-corrected chi connectivity index (χ1v) is 9.23. The molecule has 2 heterocycles. The Morgan fingerprint density at radius 1 is 1.33 bits per heavy atom. The quantitative estimate of drug-likeness (QED) is 0.586. The minimum absolute atomic E-state index is 0.0744. The van der Waals surface area contributed by atoms with Gasteiger partial charge in [-0.2, -0.15) is 5.26 Å². The van der Waals surface area contributed by atoms with Gasteiger partial charge in [0.25, 0.3) is 0 Å². The maximum absolute atomic E-state index is 9.62. The van der Waals surface area contributed by atoms with Gasteiger partial charge in [0.15, 0.2) is 11.0 Å². The fourth-order valence-corrected chi connectivity index (χ4v) is 4.25. The Labute approximate surface area is 146 Å². The lowest BCUT2D eigenvalue weighted by molar-refractivity contribution is 0.370. The second-order valence-corrected chi connectivity index (χ2v) is 7.09. The Morgan fingerprint density at radius 3 is 2.83 bits per heavy atom. The third kappa shape index (κ3) is 3.68. The van der Waals surface area contributed by atoms with Crippen LogP contribution in [0.2, 0.25) is 0 Å². The topological polar surface area (TPSA) is 67.4 Å². The van der Waals surface area contributed by atoms with Gasteiger partial charge in [-0.15, -0.1) is 16.8 Å². The molecule has 0 radical (unpaired) electrons. The van der Waals surface area contributed by atoms with Gasteiger partial charge in [-0.05, 0) is 30.9 Å². The first-order valence-electron chi connectivity index (χ1n) is 8.35. The summed E-state index contributed by atoms with van der Waals surface area (Å²) in [6, 6.07) is 8.21. The average Bonchev–Trinajstić information content (AvgIpc) is 3.04. The molecule has 0 saturated heterocycles. The van der Waals surface area contributed by atoms with Crippen molar-refractivity contribution in [1.82, 2.24) is 19.7 Å². The monoisotopic (exact) mass is 339 g/mol. The predicted octanol–water partition coefficient (Wildman–Crippen LogP) is 4.09. The molecule has 1 saturated carbocycles. The second-order valence-electron chi connectivity index (χ2n) is 5.99. The lowest BCUT2D eigenvalue weighted by atomic mass is 9.87. The molecule has 5 nitrogen and oxygen atoms in total. The van der Waals surface area contributed by atoms with Gasteiger partial charge in [-0.1, -0.05) is 43.2 Å². The van der Waals surface area contributed by atoms with Crippen LogP contribution in [0, 0.1) is 17.2 Å². The average molecular weight is 339 g/mol. The van der Waals surface area contributed by atoms with E-state index < -0.39 is 0 Å². The first-order chi connectivity index (χ1) is 11.8. The summed E-state index contributed by atoms with van der Waals surface area (Å²) in [6.45, 7) is 4.43. The molecule has 1 fully saturated rings. The van der Waals surface area contributed by atoms with Gasteiger partial charge in [-0.3, -0.25) is 9.55 Å². The van der Waals surface area contributed by atoms with E-state index in [1.165, 1.54) is 31.0 Å². The SMILES string of the molecule is C=CCn1c(SC(C#N)C2CCCCC2)nnc1-c1ccccn1. The molecule has 1 aliphatic rings. The van der Waals surface area contributed by atoms with E-state index in [2.05, 4.69) is 27.8 Å². The van der Waals surface area contributed by atoms with Crippen LogP contribution in [0.5, 0.6) is 0 Å². The summed E-state index contributed by atoms with van der Waals surface area (Å²) in [6.07, 6.45) is 9.57. The largest absolute Gasteiger partial charge is 0.297 e. The van der Waals surface area contributed by atoms with Crippen molar-refractivity contribution in [2.24, 2.45) is 5.92 Å². The molecule has 6 heteroatoms. The Kier molecular flexibility index (Phi) is 5.65. The molecule has 124 valence electrons. The smallest absolute Gasteiger partial charge is 0.193 e. The van der Waals surface area contributed by atoms with Crippen LogP contribution >= 0.6 is 11.8 Å².